The molecule has 6 nitrogen and oxygen atoms in total. The molecule has 0 saturated carbocycles. The molecule has 2 aliphatic rings. The summed E-state index contributed by atoms with van der Waals surface area (Å²) in [4.78, 5) is 0. The van der Waals surface area contributed by atoms with E-state index in [1.54, 1.807) is 0 Å². The average molecular weight is 875 g/mol. The van der Waals surface area contributed by atoms with Gasteiger partial charge >= 0.3 is 16.9 Å². The molecule has 0 fully saturated rings. The molecule has 0 atom stereocenters. The van der Waals surface area contributed by atoms with Gasteiger partial charge in [0, 0.05) is 57.5 Å². The fraction of sp³-hybridized carbons (Fsp3) is 0.214. The fourth-order valence-electron chi connectivity index (χ4n) is 10.8. The summed E-state index contributed by atoms with van der Waals surface area (Å²) in [5, 5.41) is 5.00. The lowest BCUT2D eigenvalue weighted by atomic mass is 9.80. The summed E-state index contributed by atoms with van der Waals surface area (Å²) in [6, 6.07) is 44.4. The number of rotatable bonds is 9. The highest BCUT2D eigenvalue weighted by atomic mass is 31.2. The molecule has 0 amide bonds. The molecule has 0 bridgehead atoms. The Labute approximate surface area is 377 Å². The van der Waals surface area contributed by atoms with Crippen LogP contribution in [0, 0.1) is 27.7 Å². The van der Waals surface area contributed by atoms with Crippen molar-refractivity contribution < 1.29 is 9.05 Å². The second-order valence-corrected chi connectivity index (χ2v) is 21.1. The van der Waals surface area contributed by atoms with Crippen molar-refractivity contribution >= 4 is 60.5 Å². The van der Waals surface area contributed by atoms with Gasteiger partial charge in [0.05, 0.1) is 22.1 Å². The average Bonchev–Trinajstić information content (AvgIpc) is 4.07. The van der Waals surface area contributed by atoms with Crippen molar-refractivity contribution in [3.8, 4) is 22.6 Å². The Hall–Kier alpha value is -6.06. The van der Waals surface area contributed by atoms with Gasteiger partial charge in [-0.3, -0.25) is 17.4 Å². The Kier molecular flexibility index (Phi) is 9.80. The highest BCUT2D eigenvalue weighted by molar-refractivity contribution is 7.50. The van der Waals surface area contributed by atoms with Crippen LogP contribution in [0.5, 0.6) is 11.5 Å². The molecule has 2 aliphatic carbocycles. The van der Waals surface area contributed by atoms with Crippen LogP contribution in [0.1, 0.15) is 70.2 Å². The van der Waals surface area contributed by atoms with E-state index in [1.807, 2.05) is 0 Å². The number of hydrogen-bond acceptors (Lipinski definition) is 2. The zero-order chi connectivity index (χ0) is 43.1. The van der Waals surface area contributed by atoms with Crippen molar-refractivity contribution in [1.29, 1.82) is 0 Å². The zero-order valence-electron chi connectivity index (χ0n) is 37.0. The maximum atomic E-state index is 7.85. The summed E-state index contributed by atoms with van der Waals surface area (Å²) in [5.74, 6) is 1.85. The van der Waals surface area contributed by atoms with Gasteiger partial charge in [-0.2, -0.15) is 0 Å². The molecular formula is C56H52N4O2P2. The highest BCUT2D eigenvalue weighted by Crippen LogP contribution is 2.56. The SMILES string of the molecule is Cc1cn(P(Oc2ccc3c(c2-c2c(OP(n4cc(C)c5ccccc54)n4cc(C)c5ccccc54)ccc4c2CCCC4)CCCC3)n2cc(C)c3ccccc32)c2ccccc12. The smallest absolute Gasteiger partial charge is 0.318 e. The second-order valence-electron chi connectivity index (χ2n) is 18.0. The molecule has 0 unspecified atom stereocenters. The number of benzene rings is 6. The van der Waals surface area contributed by atoms with E-state index < -0.39 is 16.9 Å². The Morgan fingerprint density at radius 1 is 0.359 bits per heavy atom. The first-order valence-corrected chi connectivity index (χ1v) is 25.3. The van der Waals surface area contributed by atoms with E-state index in [1.165, 1.54) is 112 Å². The van der Waals surface area contributed by atoms with Crippen molar-refractivity contribution in [2.24, 2.45) is 0 Å². The molecule has 0 radical (unpaired) electrons. The first kappa shape index (κ1) is 39.5. The number of aromatic nitrogens is 4. The minimum atomic E-state index is -1.46. The summed E-state index contributed by atoms with van der Waals surface area (Å²) in [7, 11) is -2.92. The third kappa shape index (κ3) is 6.44. The molecule has 0 N–H and O–H groups in total. The van der Waals surface area contributed by atoms with Crippen LogP contribution in [0.2, 0.25) is 0 Å². The predicted molar refractivity (Wildman–Crippen MR) is 269 cm³/mol. The number of fused-ring (bicyclic) bond motifs is 6. The molecule has 0 spiro atoms. The standard InChI is InChI=1S/C56H52N4O2P2/c1-37-33-57(49-25-13-9-19-43(37)49)63(58-34-38(2)44-20-10-14-26-50(44)58)61-53-31-29-41-17-5-7-23-47(41)55(53)56-48-24-8-6-18-42(48)30-32-54(56)62-64(59-35-39(3)45-21-11-15-27-51(45)59)60-36-40(4)46-22-12-16-28-52(46)60/h9-16,19-22,25-36H,5-8,17-18,23-24H2,1-4H3. The summed E-state index contributed by atoms with van der Waals surface area (Å²) in [6.07, 6.45) is 18.1. The highest BCUT2D eigenvalue weighted by Gasteiger charge is 2.32. The number of hydrogen-bond donors (Lipinski definition) is 0. The topological polar surface area (TPSA) is 38.2 Å². The lowest BCUT2D eigenvalue weighted by Gasteiger charge is -2.31. The fourth-order valence-corrected chi connectivity index (χ4v) is 14.7. The molecule has 318 valence electrons. The molecule has 8 heteroatoms. The largest absolute Gasteiger partial charge is 0.435 e. The van der Waals surface area contributed by atoms with E-state index in [4.69, 9.17) is 9.05 Å². The van der Waals surface area contributed by atoms with Crippen LogP contribution in [0.3, 0.4) is 0 Å². The van der Waals surface area contributed by atoms with E-state index in [0.717, 1.165) is 50.0 Å². The Morgan fingerprint density at radius 2 is 0.656 bits per heavy atom. The number of para-hydroxylation sites is 4. The van der Waals surface area contributed by atoms with Gasteiger partial charge in [0.15, 0.2) is 0 Å². The minimum absolute atomic E-state index is 0.926. The van der Waals surface area contributed by atoms with Crippen molar-refractivity contribution in [2.75, 3.05) is 0 Å². The van der Waals surface area contributed by atoms with Gasteiger partial charge in [-0.1, -0.05) is 84.9 Å². The van der Waals surface area contributed by atoms with Gasteiger partial charge in [-0.05, 0) is 160 Å². The van der Waals surface area contributed by atoms with Gasteiger partial charge in [0.2, 0.25) is 0 Å². The first-order chi connectivity index (χ1) is 31.4. The number of aryl methyl sites for hydroxylation is 6. The van der Waals surface area contributed by atoms with Gasteiger partial charge in [0.1, 0.15) is 11.5 Å². The lowest BCUT2D eigenvalue weighted by Crippen LogP contribution is -2.13. The number of nitrogens with zero attached hydrogens (tertiary/aromatic N) is 4. The predicted octanol–water partition coefficient (Wildman–Crippen LogP) is 15.6. The van der Waals surface area contributed by atoms with Crippen molar-refractivity contribution in [1.82, 2.24) is 17.4 Å². The van der Waals surface area contributed by atoms with Crippen molar-refractivity contribution in [3.63, 3.8) is 0 Å². The molecule has 0 aliphatic heterocycles. The van der Waals surface area contributed by atoms with E-state index in [-0.39, 0.29) is 0 Å². The lowest BCUT2D eigenvalue weighted by molar-refractivity contribution is 0.582. The molecule has 6 aromatic carbocycles. The quantitative estimate of drug-likeness (QED) is 0.136. The third-order valence-electron chi connectivity index (χ3n) is 13.9. The van der Waals surface area contributed by atoms with Gasteiger partial charge in [-0.25, -0.2) is 0 Å². The van der Waals surface area contributed by atoms with Gasteiger partial charge < -0.3 is 9.05 Å². The molecule has 12 rings (SSSR count). The molecule has 4 heterocycles. The molecule has 64 heavy (non-hydrogen) atoms. The Balaban J connectivity index is 1.11. The van der Waals surface area contributed by atoms with Crippen molar-refractivity contribution in [2.45, 2.75) is 79.1 Å². The Bertz CT molecular complexity index is 3050. The van der Waals surface area contributed by atoms with Crippen LogP contribution < -0.4 is 9.05 Å². The maximum absolute atomic E-state index is 7.85. The van der Waals surface area contributed by atoms with Crippen molar-refractivity contribution in [3.05, 3.63) is 191 Å². The van der Waals surface area contributed by atoms with Crippen LogP contribution in [0.25, 0.3) is 54.7 Å². The van der Waals surface area contributed by atoms with Gasteiger partial charge in [-0.15, -0.1) is 0 Å². The maximum Gasteiger partial charge on any atom is 0.318 e. The summed E-state index contributed by atoms with van der Waals surface area (Å²) < 4.78 is 25.3. The summed E-state index contributed by atoms with van der Waals surface area (Å²) in [6.45, 7) is 8.88. The molecule has 10 aromatic rings. The van der Waals surface area contributed by atoms with Crippen LogP contribution in [-0.4, -0.2) is 17.4 Å². The first-order valence-electron chi connectivity index (χ1n) is 23.0. The van der Waals surface area contributed by atoms with Crippen LogP contribution in [-0.2, 0) is 25.7 Å². The normalized spacial score (nSPS) is 14.0. The zero-order valence-corrected chi connectivity index (χ0v) is 38.8. The summed E-state index contributed by atoms with van der Waals surface area (Å²) >= 11 is 0. The van der Waals surface area contributed by atoms with E-state index >= 15 is 0 Å². The van der Waals surface area contributed by atoms with Crippen LogP contribution >= 0.6 is 16.9 Å². The molecule has 4 aromatic heterocycles. The van der Waals surface area contributed by atoms with E-state index in [9.17, 15) is 0 Å². The molecule has 0 saturated heterocycles. The summed E-state index contributed by atoms with van der Waals surface area (Å²) in [5.41, 5.74) is 17.8. The molecular weight excluding hydrogens is 823 g/mol. The second kappa shape index (κ2) is 15.9. The van der Waals surface area contributed by atoms with Crippen LogP contribution in [0.4, 0.5) is 0 Å². The van der Waals surface area contributed by atoms with Crippen LogP contribution in [0.15, 0.2) is 146 Å². The van der Waals surface area contributed by atoms with E-state index in [2.05, 4.69) is 191 Å². The van der Waals surface area contributed by atoms with Gasteiger partial charge in [0.25, 0.3) is 0 Å². The minimum Gasteiger partial charge on any atom is -0.435 e. The van der Waals surface area contributed by atoms with E-state index in [0.29, 0.717) is 0 Å². The Morgan fingerprint density at radius 3 is 0.984 bits per heavy atom. The monoisotopic (exact) mass is 874 g/mol. The third-order valence-corrected chi connectivity index (χ3v) is 17.4.